The first-order valence-electron chi connectivity index (χ1n) is 12.5. The number of urea groups is 1. The van der Waals surface area contributed by atoms with Crippen molar-refractivity contribution in [1.82, 2.24) is 14.4 Å². The van der Waals surface area contributed by atoms with E-state index in [-0.39, 0.29) is 11.9 Å². The van der Waals surface area contributed by atoms with Crippen LogP contribution in [-0.4, -0.2) is 59.6 Å². The lowest BCUT2D eigenvalue weighted by Gasteiger charge is -2.34. The second kappa shape index (κ2) is 11.0. The zero-order chi connectivity index (χ0) is 26.6. The van der Waals surface area contributed by atoms with Crippen molar-refractivity contribution >= 4 is 29.2 Å². The highest BCUT2D eigenvalue weighted by Crippen LogP contribution is 2.31. The quantitative estimate of drug-likeness (QED) is 0.340. The molecule has 3 amide bonds. The van der Waals surface area contributed by atoms with E-state index < -0.39 is 0 Å². The van der Waals surface area contributed by atoms with Crippen molar-refractivity contribution in [2.24, 2.45) is 0 Å². The first-order valence-corrected chi connectivity index (χ1v) is 12.9. The van der Waals surface area contributed by atoms with E-state index in [9.17, 15) is 9.59 Å². The molecular formula is C30H29ClN4O3. The van der Waals surface area contributed by atoms with Gasteiger partial charge in [-0.15, -0.1) is 0 Å². The monoisotopic (exact) mass is 528 g/mol. The van der Waals surface area contributed by atoms with Gasteiger partial charge in [0.2, 0.25) is 0 Å². The summed E-state index contributed by atoms with van der Waals surface area (Å²) in [6.45, 7) is 3.75. The fourth-order valence-electron chi connectivity index (χ4n) is 4.78. The van der Waals surface area contributed by atoms with Crippen LogP contribution >= 0.6 is 11.6 Å². The molecule has 194 valence electrons. The molecule has 0 unspecified atom stereocenters. The van der Waals surface area contributed by atoms with Gasteiger partial charge in [0.05, 0.1) is 18.4 Å². The molecule has 1 N–H and O–H groups in total. The van der Waals surface area contributed by atoms with Gasteiger partial charge in [-0.3, -0.25) is 4.79 Å². The molecule has 3 aromatic carbocycles. The number of hydrogen-bond acceptors (Lipinski definition) is 3. The zero-order valence-corrected chi connectivity index (χ0v) is 22.1. The third-order valence-corrected chi connectivity index (χ3v) is 7.02. The fraction of sp³-hybridized carbons (Fsp3) is 0.200. The first kappa shape index (κ1) is 25.4. The minimum atomic E-state index is -0.203. The van der Waals surface area contributed by atoms with Crippen molar-refractivity contribution in [3.63, 3.8) is 0 Å². The number of piperazine rings is 1. The second-order valence-electron chi connectivity index (χ2n) is 9.15. The van der Waals surface area contributed by atoms with Crippen molar-refractivity contribution in [3.05, 3.63) is 101 Å². The average molecular weight is 529 g/mol. The molecule has 0 bridgehead atoms. The zero-order valence-electron chi connectivity index (χ0n) is 21.4. The molecule has 8 heteroatoms. The predicted molar refractivity (Wildman–Crippen MR) is 150 cm³/mol. The Hall–Kier alpha value is -4.23. The smallest absolute Gasteiger partial charge is 0.321 e. The molecule has 1 fully saturated rings. The molecular weight excluding hydrogens is 500 g/mol. The predicted octanol–water partition coefficient (Wildman–Crippen LogP) is 6.10. The van der Waals surface area contributed by atoms with Gasteiger partial charge in [0.15, 0.2) is 0 Å². The Labute approximate surface area is 227 Å². The summed E-state index contributed by atoms with van der Waals surface area (Å²) in [5.74, 6) is 0.700. The van der Waals surface area contributed by atoms with Gasteiger partial charge in [-0.1, -0.05) is 54.1 Å². The van der Waals surface area contributed by atoms with E-state index in [0.717, 1.165) is 28.4 Å². The van der Waals surface area contributed by atoms with Crippen LogP contribution in [0.25, 0.3) is 16.9 Å². The summed E-state index contributed by atoms with van der Waals surface area (Å²) in [6, 6.07) is 26.7. The molecule has 38 heavy (non-hydrogen) atoms. The van der Waals surface area contributed by atoms with Crippen LogP contribution in [0.3, 0.4) is 0 Å². The number of ether oxygens (including phenoxy) is 1. The van der Waals surface area contributed by atoms with Crippen molar-refractivity contribution in [2.75, 3.05) is 38.6 Å². The lowest BCUT2D eigenvalue weighted by Crippen LogP contribution is -2.51. The molecule has 0 spiro atoms. The van der Waals surface area contributed by atoms with Gasteiger partial charge in [0, 0.05) is 54.3 Å². The van der Waals surface area contributed by atoms with E-state index in [2.05, 4.69) is 9.88 Å². The third-order valence-electron chi connectivity index (χ3n) is 6.79. The number of methoxy groups -OCH3 is 1. The van der Waals surface area contributed by atoms with Crippen molar-refractivity contribution in [1.29, 1.82) is 0 Å². The molecule has 4 aromatic rings. The number of amides is 3. The number of benzene rings is 3. The maximum Gasteiger partial charge on any atom is 0.321 e. The van der Waals surface area contributed by atoms with Crippen LogP contribution < -0.4 is 10.1 Å². The van der Waals surface area contributed by atoms with Gasteiger partial charge < -0.3 is 24.4 Å². The molecule has 1 aliphatic rings. The SMILES string of the molecule is COc1cccc(-n2c(-c3ccccc3)cc(C(=O)N3CCN(C(=O)Nc4cccc(Cl)c4)CC3)c2C)c1. The molecule has 0 atom stereocenters. The molecule has 0 radical (unpaired) electrons. The maximum atomic E-state index is 13.7. The molecule has 7 nitrogen and oxygen atoms in total. The number of nitrogens with one attached hydrogen (secondary N) is 1. The van der Waals surface area contributed by atoms with Crippen LogP contribution in [0.15, 0.2) is 84.9 Å². The largest absolute Gasteiger partial charge is 0.497 e. The minimum Gasteiger partial charge on any atom is -0.497 e. The van der Waals surface area contributed by atoms with E-state index in [4.69, 9.17) is 16.3 Å². The lowest BCUT2D eigenvalue weighted by molar-refractivity contribution is 0.0671. The van der Waals surface area contributed by atoms with Gasteiger partial charge in [0.25, 0.3) is 5.91 Å². The molecule has 1 saturated heterocycles. The highest BCUT2D eigenvalue weighted by molar-refractivity contribution is 6.30. The lowest BCUT2D eigenvalue weighted by atomic mass is 10.1. The molecule has 1 aromatic heterocycles. The van der Waals surface area contributed by atoms with Crippen LogP contribution in [0.2, 0.25) is 5.02 Å². The number of nitrogens with zero attached hydrogens (tertiary/aromatic N) is 3. The minimum absolute atomic E-state index is 0.0452. The topological polar surface area (TPSA) is 66.8 Å². The Morgan fingerprint density at radius 1 is 0.842 bits per heavy atom. The van der Waals surface area contributed by atoms with E-state index >= 15 is 0 Å². The third kappa shape index (κ3) is 5.24. The summed E-state index contributed by atoms with van der Waals surface area (Å²) in [7, 11) is 1.64. The standard InChI is InChI=1S/C30H29ClN4O3/c1-21-27(20-28(22-8-4-3-5-9-22)35(21)25-12-7-13-26(19-25)38-2)29(36)33-14-16-34(17-15-33)30(37)32-24-11-6-10-23(31)18-24/h3-13,18-20H,14-17H2,1-2H3,(H,32,37). The Kier molecular flexibility index (Phi) is 7.38. The molecule has 0 saturated carbocycles. The Balaban J connectivity index is 1.37. The van der Waals surface area contributed by atoms with Crippen LogP contribution in [0.4, 0.5) is 10.5 Å². The first-order chi connectivity index (χ1) is 18.4. The van der Waals surface area contributed by atoms with E-state index in [0.29, 0.717) is 42.5 Å². The second-order valence-corrected chi connectivity index (χ2v) is 9.59. The van der Waals surface area contributed by atoms with Crippen molar-refractivity contribution in [2.45, 2.75) is 6.92 Å². The summed E-state index contributed by atoms with van der Waals surface area (Å²) in [5, 5.41) is 3.44. The summed E-state index contributed by atoms with van der Waals surface area (Å²) >= 11 is 6.03. The van der Waals surface area contributed by atoms with Crippen molar-refractivity contribution in [3.8, 4) is 22.7 Å². The van der Waals surface area contributed by atoms with Crippen LogP contribution in [0.5, 0.6) is 5.75 Å². The Bertz CT molecular complexity index is 1460. The van der Waals surface area contributed by atoms with Crippen molar-refractivity contribution < 1.29 is 14.3 Å². The summed E-state index contributed by atoms with van der Waals surface area (Å²) in [4.78, 5) is 30.0. The van der Waals surface area contributed by atoms with E-state index in [1.807, 2.05) is 72.5 Å². The van der Waals surface area contributed by atoms with Gasteiger partial charge in [-0.05, 0) is 48.9 Å². The molecule has 0 aliphatic carbocycles. The summed E-state index contributed by atoms with van der Waals surface area (Å²) in [6.07, 6.45) is 0. The van der Waals surface area contributed by atoms with E-state index in [1.165, 1.54) is 0 Å². The van der Waals surface area contributed by atoms with Gasteiger partial charge in [0.1, 0.15) is 5.75 Å². The van der Waals surface area contributed by atoms with Crippen LogP contribution in [0, 0.1) is 6.92 Å². The van der Waals surface area contributed by atoms with Crippen LogP contribution in [0.1, 0.15) is 16.1 Å². The number of aromatic nitrogens is 1. The Morgan fingerprint density at radius 3 is 2.26 bits per heavy atom. The number of carbonyl (C=O) groups excluding carboxylic acids is 2. The summed E-state index contributed by atoms with van der Waals surface area (Å²) < 4.78 is 7.55. The number of anilines is 1. The number of carbonyl (C=O) groups is 2. The Morgan fingerprint density at radius 2 is 1.55 bits per heavy atom. The van der Waals surface area contributed by atoms with E-state index in [1.54, 1.807) is 36.3 Å². The molecule has 2 heterocycles. The number of halogens is 1. The highest BCUT2D eigenvalue weighted by atomic mass is 35.5. The number of rotatable bonds is 5. The van der Waals surface area contributed by atoms with Gasteiger partial charge >= 0.3 is 6.03 Å². The maximum absolute atomic E-state index is 13.7. The average Bonchev–Trinajstić information content (AvgIpc) is 3.30. The van der Waals surface area contributed by atoms with Crippen LogP contribution in [-0.2, 0) is 0 Å². The summed E-state index contributed by atoms with van der Waals surface area (Å²) in [5.41, 5.74) is 5.00. The molecule has 1 aliphatic heterocycles. The highest BCUT2D eigenvalue weighted by Gasteiger charge is 2.28. The van der Waals surface area contributed by atoms with Gasteiger partial charge in [-0.2, -0.15) is 0 Å². The number of hydrogen-bond donors (Lipinski definition) is 1. The molecule has 5 rings (SSSR count). The van der Waals surface area contributed by atoms with Gasteiger partial charge in [-0.25, -0.2) is 4.79 Å². The normalized spacial score (nSPS) is 13.3. The fourth-order valence-corrected chi connectivity index (χ4v) is 4.97.